The van der Waals surface area contributed by atoms with Crippen molar-refractivity contribution in [1.29, 1.82) is 0 Å². The fourth-order valence-electron chi connectivity index (χ4n) is 7.16. The normalized spacial score (nSPS) is 22.1. The van der Waals surface area contributed by atoms with Crippen LogP contribution in [0.25, 0.3) is 0 Å². The Hall–Kier alpha value is -3.13. The summed E-state index contributed by atoms with van der Waals surface area (Å²) in [5.41, 5.74) is 1.38. The molecule has 0 unspecified atom stereocenters. The lowest BCUT2D eigenvalue weighted by molar-refractivity contribution is 0.0843. The van der Waals surface area contributed by atoms with Gasteiger partial charge >= 0.3 is 6.03 Å². The van der Waals surface area contributed by atoms with Gasteiger partial charge in [-0.2, -0.15) is 0 Å². The number of nitrogens with zero attached hydrogens (tertiary/aromatic N) is 5. The Bertz CT molecular complexity index is 1590. The number of urea groups is 1. The maximum Gasteiger partial charge on any atom is 0.326 e. The number of benzene rings is 2. The van der Waals surface area contributed by atoms with Crippen LogP contribution in [0.2, 0.25) is 10.0 Å². The topological polar surface area (TPSA) is 61.3 Å². The number of halogens is 2. The first-order valence-electron chi connectivity index (χ1n) is 16.9. The first-order valence-corrected chi connectivity index (χ1v) is 17.6. The third kappa shape index (κ3) is 6.51. The number of carbonyl (C=O) groups is 1. The van der Waals surface area contributed by atoms with E-state index in [-0.39, 0.29) is 11.4 Å². The van der Waals surface area contributed by atoms with Crippen molar-refractivity contribution in [1.82, 2.24) is 19.7 Å². The van der Waals surface area contributed by atoms with Crippen LogP contribution in [-0.2, 0) is 16.5 Å². The Labute approximate surface area is 290 Å². The Balaban J connectivity index is 1.72. The van der Waals surface area contributed by atoms with Gasteiger partial charge < -0.3 is 14.5 Å². The lowest BCUT2D eigenvalue weighted by Crippen LogP contribution is -2.59. The molecule has 252 valence electrons. The number of hydrogen-bond acceptors (Lipinski definition) is 5. The SMILES string of the molecule is CCOc1cc(C(C)(C)C)ncc1C1=N[C@@](C)(c2ccc(Cl)cc2)[C@@](C)(c2ccc(Cl)cc2)N1C(=O)N1CCC(N(CC)CC)CC1. The van der Waals surface area contributed by atoms with Crippen LogP contribution >= 0.6 is 23.2 Å². The molecule has 7 nitrogen and oxygen atoms in total. The van der Waals surface area contributed by atoms with Crippen LogP contribution in [0.1, 0.15) is 90.6 Å². The second kappa shape index (κ2) is 13.8. The highest BCUT2D eigenvalue weighted by Gasteiger charge is 2.60. The van der Waals surface area contributed by atoms with Crippen molar-refractivity contribution in [2.75, 3.05) is 32.8 Å². The van der Waals surface area contributed by atoms with E-state index in [2.05, 4.69) is 53.4 Å². The van der Waals surface area contributed by atoms with E-state index in [1.54, 1.807) is 0 Å². The molecule has 0 spiro atoms. The smallest absolute Gasteiger partial charge is 0.326 e. The molecule has 0 radical (unpaired) electrons. The Kier molecular flexibility index (Phi) is 10.3. The van der Waals surface area contributed by atoms with Gasteiger partial charge in [0.2, 0.25) is 0 Å². The second-order valence-electron chi connectivity index (χ2n) is 13.9. The van der Waals surface area contributed by atoms with Gasteiger partial charge in [0.1, 0.15) is 22.7 Å². The third-order valence-corrected chi connectivity index (χ3v) is 10.7. The Morgan fingerprint density at radius 3 is 2.00 bits per heavy atom. The summed E-state index contributed by atoms with van der Waals surface area (Å²) in [7, 11) is 0. The van der Waals surface area contributed by atoms with Gasteiger partial charge in [0.05, 0.1) is 12.2 Å². The number of likely N-dealkylation sites (tertiary alicyclic amines) is 1. The van der Waals surface area contributed by atoms with Crippen LogP contribution in [0.5, 0.6) is 5.75 Å². The molecule has 0 aliphatic carbocycles. The van der Waals surface area contributed by atoms with E-state index in [0.717, 1.165) is 42.8 Å². The average Bonchev–Trinajstić information content (AvgIpc) is 3.29. The van der Waals surface area contributed by atoms with Gasteiger partial charge in [-0.1, -0.05) is 82.1 Å². The monoisotopic (exact) mass is 677 g/mol. The second-order valence-corrected chi connectivity index (χ2v) is 14.8. The molecule has 2 atom stereocenters. The van der Waals surface area contributed by atoms with Gasteiger partial charge in [0.15, 0.2) is 0 Å². The van der Waals surface area contributed by atoms with E-state index < -0.39 is 11.1 Å². The maximum absolute atomic E-state index is 15.2. The van der Waals surface area contributed by atoms with Crippen molar-refractivity contribution in [3.8, 4) is 5.75 Å². The fourth-order valence-corrected chi connectivity index (χ4v) is 7.41. The maximum atomic E-state index is 15.2. The first kappa shape index (κ1) is 35.2. The summed E-state index contributed by atoms with van der Waals surface area (Å²) in [6.07, 6.45) is 3.67. The fraction of sp³-hybridized carbons (Fsp3) is 0.500. The molecule has 0 saturated carbocycles. The third-order valence-electron chi connectivity index (χ3n) is 10.2. The molecule has 3 heterocycles. The van der Waals surface area contributed by atoms with Crippen LogP contribution in [0.3, 0.4) is 0 Å². The molecule has 3 aromatic rings. The van der Waals surface area contributed by atoms with E-state index in [1.165, 1.54) is 0 Å². The van der Waals surface area contributed by atoms with Gasteiger partial charge in [-0.25, -0.2) is 4.79 Å². The number of carbonyl (C=O) groups excluding carboxylic acids is 1. The van der Waals surface area contributed by atoms with Crippen molar-refractivity contribution in [2.24, 2.45) is 4.99 Å². The van der Waals surface area contributed by atoms with Gasteiger partial charge in [0, 0.05) is 52.5 Å². The number of aliphatic imine (C=N–C) groups is 1. The summed E-state index contributed by atoms with van der Waals surface area (Å²) in [6.45, 7) is 20.8. The van der Waals surface area contributed by atoms with E-state index >= 15 is 4.79 Å². The molecule has 1 fully saturated rings. The minimum atomic E-state index is -0.959. The van der Waals surface area contributed by atoms with Gasteiger partial charge in [0.25, 0.3) is 0 Å². The number of amides is 2. The van der Waals surface area contributed by atoms with Gasteiger partial charge in [-0.15, -0.1) is 0 Å². The molecule has 1 aromatic heterocycles. The largest absolute Gasteiger partial charge is 0.493 e. The molecule has 2 aliphatic heterocycles. The standard InChI is InChI=1S/C38H49Cl2N5O2/c1-9-43(10-2)30-20-22-44(23-21-30)35(46)45-34(31-25-41-33(36(4,5)6)24-32(31)47-11-3)42-37(7,26-12-16-28(39)17-13-26)38(45,8)27-14-18-29(40)19-15-27/h12-19,24-25,30H,9-11,20-23H2,1-8H3/t37-,38+/m0/s1. The predicted molar refractivity (Wildman–Crippen MR) is 193 cm³/mol. The van der Waals surface area contributed by atoms with E-state index in [0.29, 0.717) is 52.9 Å². The molecular weight excluding hydrogens is 629 g/mol. The van der Waals surface area contributed by atoms with Gasteiger partial charge in [-0.3, -0.25) is 14.9 Å². The minimum Gasteiger partial charge on any atom is -0.493 e. The summed E-state index contributed by atoms with van der Waals surface area (Å²) in [5.74, 6) is 1.19. The summed E-state index contributed by atoms with van der Waals surface area (Å²) in [6, 6.07) is 17.9. The zero-order valence-corrected chi connectivity index (χ0v) is 30.6. The van der Waals surface area contributed by atoms with Crippen molar-refractivity contribution in [2.45, 2.75) is 90.8 Å². The number of pyridine rings is 1. The molecule has 1 saturated heterocycles. The molecule has 47 heavy (non-hydrogen) atoms. The zero-order valence-electron chi connectivity index (χ0n) is 29.1. The summed E-state index contributed by atoms with van der Waals surface area (Å²) >= 11 is 12.8. The summed E-state index contributed by atoms with van der Waals surface area (Å²) < 4.78 is 6.29. The summed E-state index contributed by atoms with van der Waals surface area (Å²) in [5, 5.41) is 1.26. The van der Waals surface area contributed by atoms with E-state index in [9.17, 15) is 0 Å². The highest BCUT2D eigenvalue weighted by molar-refractivity contribution is 6.30. The van der Waals surface area contributed by atoms with Crippen LogP contribution in [0.4, 0.5) is 4.79 Å². The molecule has 0 bridgehead atoms. The highest BCUT2D eigenvalue weighted by atomic mass is 35.5. The van der Waals surface area contributed by atoms with Crippen molar-refractivity contribution in [3.05, 3.63) is 93.2 Å². The lowest BCUT2D eigenvalue weighted by Gasteiger charge is -2.47. The van der Waals surface area contributed by atoms with Crippen molar-refractivity contribution in [3.63, 3.8) is 0 Å². The average molecular weight is 679 g/mol. The Morgan fingerprint density at radius 1 is 0.936 bits per heavy atom. The quantitative estimate of drug-likeness (QED) is 0.239. The highest BCUT2D eigenvalue weighted by Crippen LogP contribution is 2.54. The lowest BCUT2D eigenvalue weighted by atomic mass is 9.71. The first-order chi connectivity index (χ1) is 22.3. The number of amidine groups is 1. The summed E-state index contributed by atoms with van der Waals surface area (Å²) in [4.78, 5) is 32.0. The number of aromatic nitrogens is 1. The van der Waals surface area contributed by atoms with E-state index in [4.69, 9.17) is 37.9 Å². The van der Waals surface area contributed by atoms with Gasteiger partial charge in [-0.05, 0) is 82.1 Å². The number of piperidine rings is 1. The van der Waals surface area contributed by atoms with Crippen LogP contribution in [-0.4, -0.2) is 70.4 Å². The molecule has 2 aliphatic rings. The van der Waals surface area contributed by atoms with E-state index in [1.807, 2.05) is 77.5 Å². The van der Waals surface area contributed by atoms with Crippen molar-refractivity contribution >= 4 is 35.1 Å². The number of hydrogen-bond donors (Lipinski definition) is 0. The Morgan fingerprint density at radius 2 is 1.49 bits per heavy atom. The molecule has 2 aromatic carbocycles. The number of rotatable bonds is 8. The van der Waals surface area contributed by atoms with Crippen molar-refractivity contribution < 1.29 is 9.53 Å². The molecule has 2 amide bonds. The molecule has 9 heteroatoms. The minimum absolute atomic E-state index is 0.0840. The molecular formula is C38H49Cl2N5O2. The molecule has 0 N–H and O–H groups in total. The van der Waals surface area contributed by atoms with Crippen LogP contribution in [0.15, 0.2) is 65.8 Å². The molecule has 5 rings (SSSR count). The zero-order chi connectivity index (χ0) is 34.1. The van der Waals surface area contributed by atoms with Crippen LogP contribution in [0, 0.1) is 0 Å². The predicted octanol–water partition coefficient (Wildman–Crippen LogP) is 8.90. The van der Waals surface area contributed by atoms with Crippen LogP contribution < -0.4 is 4.74 Å². The number of ether oxygens (including phenoxy) is 1.